The van der Waals surface area contributed by atoms with Gasteiger partial charge in [-0.2, -0.15) is 0 Å². The molecule has 3 amide bonds. The van der Waals surface area contributed by atoms with E-state index in [1.54, 1.807) is 9.80 Å². The van der Waals surface area contributed by atoms with Gasteiger partial charge in [0.25, 0.3) is 0 Å². The van der Waals surface area contributed by atoms with Crippen LogP contribution in [-0.2, 0) is 23.9 Å². The van der Waals surface area contributed by atoms with Crippen LogP contribution in [0.4, 0.5) is 0 Å². The van der Waals surface area contributed by atoms with Crippen molar-refractivity contribution in [2.45, 2.75) is 57.4 Å². The first-order valence-electron chi connectivity index (χ1n) is 11.5. The lowest BCUT2D eigenvalue weighted by molar-refractivity contribution is -0.159. The molecule has 4 aliphatic rings. The smallest absolute Gasteiger partial charge is 0.245 e. The summed E-state index contributed by atoms with van der Waals surface area (Å²) in [4.78, 5) is 41.6. The number of hydrogen-bond acceptors (Lipinski definition) is 5. The van der Waals surface area contributed by atoms with Crippen LogP contribution >= 0.6 is 0 Å². The van der Waals surface area contributed by atoms with Gasteiger partial charge in [0, 0.05) is 31.1 Å². The molecule has 1 spiro atoms. The van der Waals surface area contributed by atoms with Gasteiger partial charge in [0.15, 0.2) is 0 Å². The third-order valence-corrected chi connectivity index (χ3v) is 9.64. The minimum absolute atomic E-state index is 0.0312. The van der Waals surface area contributed by atoms with Gasteiger partial charge >= 0.3 is 0 Å². The van der Waals surface area contributed by atoms with Gasteiger partial charge in [-0.05, 0) is 52.4 Å². The van der Waals surface area contributed by atoms with Crippen LogP contribution in [0, 0.1) is 17.3 Å². The monoisotopic (exact) mass is 453 g/mol. The molecule has 0 bridgehead atoms. The van der Waals surface area contributed by atoms with Gasteiger partial charge in [-0.25, -0.2) is 5.06 Å². The molecule has 4 fully saturated rings. The highest BCUT2D eigenvalue weighted by molar-refractivity contribution is 8.00. The summed E-state index contributed by atoms with van der Waals surface area (Å²) in [7, 11) is -2.10. The lowest BCUT2D eigenvalue weighted by Gasteiger charge is -2.35. The lowest BCUT2D eigenvalue weighted by Crippen LogP contribution is -2.53. The van der Waals surface area contributed by atoms with Crippen LogP contribution < -0.4 is 0 Å². The number of amides is 3. The summed E-state index contributed by atoms with van der Waals surface area (Å²) in [6, 6.07) is -0.497. The van der Waals surface area contributed by atoms with Gasteiger partial charge in [0.1, 0.15) is 6.04 Å². The molecule has 0 aromatic rings. The summed E-state index contributed by atoms with van der Waals surface area (Å²) < 4.78 is 12.2. The minimum atomic E-state index is -2.10. The molecule has 174 valence electrons. The predicted molar refractivity (Wildman–Crippen MR) is 118 cm³/mol. The number of nitrogens with zero attached hydrogens (tertiary/aromatic N) is 3. The van der Waals surface area contributed by atoms with E-state index in [-0.39, 0.29) is 23.8 Å². The standard InChI is InChI=1S/C22H35N3O5S/c1-31(30)10-8-23(9-11-31)21(28)19-13-22(6-7-22)15-25(19)20(27)18(14-24(29)16-26)12-17-4-2-3-5-17/h16-19,29H,1-15H2/t18-,19+/m1/s1. The molecule has 31 heavy (non-hydrogen) atoms. The van der Waals surface area contributed by atoms with E-state index in [1.807, 2.05) is 0 Å². The number of carbonyl (C=O) groups excluding carboxylic acids is 3. The molecule has 2 heterocycles. The molecule has 0 unspecified atom stereocenters. The SMILES string of the molecule is C=S1(=O)CCN(C(=O)[C@@H]2CC3(CC3)CN2C(=O)[C@H](CC2CCCC2)CN(O)C=O)CC1. The summed E-state index contributed by atoms with van der Waals surface area (Å²) in [5, 5.41) is 10.4. The van der Waals surface area contributed by atoms with Crippen molar-refractivity contribution in [3.8, 4) is 0 Å². The van der Waals surface area contributed by atoms with E-state index in [4.69, 9.17) is 0 Å². The van der Waals surface area contributed by atoms with Crippen LogP contribution in [-0.4, -0.2) is 92.1 Å². The first-order valence-corrected chi connectivity index (χ1v) is 13.6. The lowest BCUT2D eigenvalue weighted by atomic mass is 9.91. The van der Waals surface area contributed by atoms with E-state index in [0.717, 1.165) is 38.5 Å². The summed E-state index contributed by atoms with van der Waals surface area (Å²) in [6.07, 6.45) is 8.17. The van der Waals surface area contributed by atoms with E-state index < -0.39 is 21.5 Å². The van der Waals surface area contributed by atoms with Gasteiger partial charge in [0.05, 0.1) is 12.5 Å². The highest BCUT2D eigenvalue weighted by atomic mass is 32.2. The summed E-state index contributed by atoms with van der Waals surface area (Å²) >= 11 is 0. The Hall–Kier alpha value is -1.61. The number of hydroxylamine groups is 2. The van der Waals surface area contributed by atoms with Crippen LogP contribution in [0.5, 0.6) is 0 Å². The quantitative estimate of drug-likeness (QED) is 0.268. The van der Waals surface area contributed by atoms with Crippen LogP contribution in [0.1, 0.15) is 51.4 Å². The van der Waals surface area contributed by atoms with Crippen molar-refractivity contribution in [3.05, 3.63) is 0 Å². The van der Waals surface area contributed by atoms with Crippen LogP contribution in [0.2, 0.25) is 0 Å². The van der Waals surface area contributed by atoms with Crippen molar-refractivity contribution in [3.63, 3.8) is 0 Å². The van der Waals surface area contributed by atoms with Crippen molar-refractivity contribution in [1.82, 2.24) is 14.9 Å². The van der Waals surface area contributed by atoms with Gasteiger partial charge in [-0.1, -0.05) is 25.7 Å². The highest BCUT2D eigenvalue weighted by Gasteiger charge is 2.56. The van der Waals surface area contributed by atoms with Crippen molar-refractivity contribution in [1.29, 1.82) is 0 Å². The number of rotatable bonds is 7. The third kappa shape index (κ3) is 5.08. The average Bonchev–Trinajstić information content (AvgIpc) is 3.12. The Morgan fingerprint density at radius 2 is 1.87 bits per heavy atom. The van der Waals surface area contributed by atoms with Gasteiger partial charge in [-0.3, -0.25) is 23.8 Å². The zero-order valence-corrected chi connectivity index (χ0v) is 19.1. The normalized spacial score (nSPS) is 28.0. The highest BCUT2D eigenvalue weighted by Crippen LogP contribution is 2.55. The van der Waals surface area contributed by atoms with E-state index in [0.29, 0.717) is 61.4 Å². The van der Waals surface area contributed by atoms with E-state index in [2.05, 4.69) is 5.87 Å². The fraction of sp³-hybridized carbons (Fsp3) is 0.818. The van der Waals surface area contributed by atoms with Crippen LogP contribution in [0.3, 0.4) is 0 Å². The topological polar surface area (TPSA) is 98.2 Å². The van der Waals surface area contributed by atoms with Crippen molar-refractivity contribution < 1.29 is 23.8 Å². The Bertz CT molecular complexity index is 805. The minimum Gasteiger partial charge on any atom is -0.339 e. The Balaban J connectivity index is 1.50. The molecule has 0 radical (unpaired) electrons. The first kappa shape index (κ1) is 22.6. The molecule has 9 heteroatoms. The number of carbonyl (C=O) groups is 3. The zero-order chi connectivity index (χ0) is 22.2. The van der Waals surface area contributed by atoms with E-state index in [9.17, 15) is 23.8 Å². The Labute approximate surface area is 184 Å². The molecule has 8 nitrogen and oxygen atoms in total. The molecule has 2 aliphatic heterocycles. The molecule has 2 aliphatic carbocycles. The second-order valence-electron chi connectivity index (χ2n) is 10.2. The molecule has 2 saturated carbocycles. The average molecular weight is 454 g/mol. The largest absolute Gasteiger partial charge is 0.339 e. The maximum atomic E-state index is 13.6. The molecule has 0 aromatic heterocycles. The molecule has 2 atom stereocenters. The maximum absolute atomic E-state index is 13.6. The van der Waals surface area contributed by atoms with Gasteiger partial charge < -0.3 is 9.80 Å². The first-order chi connectivity index (χ1) is 14.7. The van der Waals surface area contributed by atoms with Crippen molar-refractivity contribution in [2.75, 3.05) is 37.7 Å². The fourth-order valence-corrected chi connectivity index (χ4v) is 6.96. The molecule has 1 N–H and O–H groups in total. The Morgan fingerprint density at radius 3 is 2.45 bits per heavy atom. The molecule has 2 saturated heterocycles. The van der Waals surface area contributed by atoms with Crippen LogP contribution in [0.25, 0.3) is 0 Å². The summed E-state index contributed by atoms with van der Waals surface area (Å²) in [5.74, 6) is 4.35. The fourth-order valence-electron chi connectivity index (χ4n) is 5.65. The zero-order valence-electron chi connectivity index (χ0n) is 18.2. The molecule has 4 rings (SSSR count). The molecular formula is C22H35N3O5S. The second kappa shape index (κ2) is 8.73. The Morgan fingerprint density at radius 1 is 1.23 bits per heavy atom. The van der Waals surface area contributed by atoms with Crippen molar-refractivity contribution >= 4 is 33.6 Å². The maximum Gasteiger partial charge on any atom is 0.245 e. The second-order valence-corrected chi connectivity index (χ2v) is 12.9. The van der Waals surface area contributed by atoms with Crippen LogP contribution in [0.15, 0.2) is 0 Å². The molecular weight excluding hydrogens is 418 g/mol. The Kier molecular flexibility index (Phi) is 6.36. The number of likely N-dealkylation sites (tertiary alicyclic amines) is 1. The van der Waals surface area contributed by atoms with E-state index >= 15 is 0 Å². The predicted octanol–water partition coefficient (Wildman–Crippen LogP) is 0.970. The third-order valence-electron chi connectivity index (χ3n) is 7.78. The summed E-state index contributed by atoms with van der Waals surface area (Å²) in [5.41, 5.74) is 0.0487. The van der Waals surface area contributed by atoms with Gasteiger partial charge in [-0.15, -0.1) is 0 Å². The molecule has 0 aromatic carbocycles. The number of hydrogen-bond donors (Lipinski definition) is 1. The summed E-state index contributed by atoms with van der Waals surface area (Å²) in [6.45, 7) is 1.40. The van der Waals surface area contributed by atoms with Gasteiger partial charge in [0.2, 0.25) is 18.2 Å². The van der Waals surface area contributed by atoms with Crippen molar-refractivity contribution in [2.24, 2.45) is 17.3 Å². The van der Waals surface area contributed by atoms with E-state index in [1.165, 1.54) is 0 Å².